The average Bonchev–Trinajstić information content (AvgIpc) is 3.19. The second-order valence-electron chi connectivity index (χ2n) is 13.8. The normalized spacial score (nSPS) is 36.5. The van der Waals surface area contributed by atoms with Crippen molar-refractivity contribution in [2.75, 3.05) is 13.2 Å². The number of carboxylic acids is 1. The van der Waals surface area contributed by atoms with Gasteiger partial charge in [0.1, 0.15) is 11.6 Å². The average molecular weight is 685 g/mol. The summed E-state index contributed by atoms with van der Waals surface area (Å²) in [5.41, 5.74) is -3.05. The molecule has 0 aromatic rings. The zero-order valence-corrected chi connectivity index (χ0v) is 27.6. The lowest BCUT2D eigenvalue weighted by molar-refractivity contribution is -0.492. The minimum absolute atomic E-state index is 0.00205. The smallest absolute Gasteiger partial charge is 0.326 e. The van der Waals surface area contributed by atoms with Crippen LogP contribution in [0.1, 0.15) is 78.6 Å². The lowest BCUT2D eigenvalue weighted by Crippen LogP contribution is -2.69. The summed E-state index contributed by atoms with van der Waals surface area (Å²) in [5.74, 6) is -5.21. The fourth-order valence-corrected chi connectivity index (χ4v) is 9.32. The van der Waals surface area contributed by atoms with Crippen LogP contribution < -0.4 is 5.32 Å². The van der Waals surface area contributed by atoms with Crippen molar-refractivity contribution in [1.82, 2.24) is 10.7 Å². The zero-order valence-electron chi connectivity index (χ0n) is 26.8. The molecule has 6 N–H and O–H groups in total. The molecule has 0 spiro atoms. The van der Waals surface area contributed by atoms with Crippen molar-refractivity contribution in [3.05, 3.63) is 23.8 Å². The van der Waals surface area contributed by atoms with Crippen LogP contribution in [-0.2, 0) is 33.5 Å². The molecule has 0 radical (unpaired) electrons. The van der Waals surface area contributed by atoms with E-state index in [1.165, 1.54) is 6.08 Å². The van der Waals surface area contributed by atoms with Crippen molar-refractivity contribution in [1.29, 1.82) is 0 Å². The Hall–Kier alpha value is -2.72. The highest BCUT2D eigenvalue weighted by Gasteiger charge is 2.74. The van der Waals surface area contributed by atoms with Crippen molar-refractivity contribution in [2.24, 2.45) is 28.6 Å². The van der Waals surface area contributed by atoms with Crippen molar-refractivity contribution < 1.29 is 59.3 Å². The van der Waals surface area contributed by atoms with Crippen molar-refractivity contribution >= 4 is 41.0 Å². The maximum Gasteiger partial charge on any atom is 0.326 e. The van der Waals surface area contributed by atoms with Crippen LogP contribution in [0.3, 0.4) is 0 Å². The van der Waals surface area contributed by atoms with E-state index in [0.29, 0.717) is 38.5 Å². The first-order valence-electron chi connectivity index (χ1n) is 16.0. The predicted octanol–water partition coefficient (Wildman–Crippen LogP) is 2.25. The number of halogens is 1. The molecule has 3 unspecified atom stereocenters. The third kappa shape index (κ3) is 6.65. The lowest BCUT2D eigenvalue weighted by Gasteiger charge is -2.63. The Kier molecular flexibility index (Phi) is 11.1. The Morgan fingerprint density at radius 1 is 1.15 bits per heavy atom. The topological polar surface area (TPSA) is 220 Å². The molecule has 9 atom stereocenters. The van der Waals surface area contributed by atoms with Gasteiger partial charge in [0, 0.05) is 17.3 Å². The summed E-state index contributed by atoms with van der Waals surface area (Å²) in [6.07, 6.45) is 5.64. The van der Waals surface area contributed by atoms with Gasteiger partial charge in [-0.05, 0) is 68.4 Å². The van der Waals surface area contributed by atoms with E-state index in [0.717, 1.165) is 5.57 Å². The largest absolute Gasteiger partial charge is 0.480 e. The van der Waals surface area contributed by atoms with Crippen LogP contribution in [0.2, 0.25) is 0 Å². The molecule has 0 saturated heterocycles. The number of nitrogens with one attached hydrogen (secondary N) is 1. The number of fused-ring (bicyclic) bond motifs is 5. The van der Waals surface area contributed by atoms with E-state index in [4.69, 9.17) is 26.8 Å². The van der Waals surface area contributed by atoms with Gasteiger partial charge in [-0.3, -0.25) is 34.4 Å². The Labute approximate surface area is 277 Å². The number of hydrogen-bond acceptors (Lipinski definition) is 12. The van der Waals surface area contributed by atoms with E-state index in [1.54, 1.807) is 26.0 Å². The summed E-state index contributed by atoms with van der Waals surface area (Å²) < 4.78 is 5.15. The number of nitrogens with zero attached hydrogens (tertiary/aromatic N) is 1. The fourth-order valence-electron chi connectivity index (χ4n) is 8.80. The SMILES string of the molecule is C[C@H]1CC2[C@@H]3CCC4=CC(=O)C=C[C@]4(C)C3(Cl)[C@@H](O)C[C@]2(C)[C@@]1(O)C(=O)COC(=O)CC(NC(=O)CCCCCON(O)O)C(=O)O. The number of aliphatic hydroxyl groups is 2. The second kappa shape index (κ2) is 14.0. The molecule has 14 nitrogen and oxygen atoms in total. The van der Waals surface area contributed by atoms with E-state index in [9.17, 15) is 39.3 Å². The summed E-state index contributed by atoms with van der Waals surface area (Å²) in [7, 11) is 0. The molecular formula is C32H45ClN2O12. The molecule has 4 rings (SSSR count). The molecule has 0 heterocycles. The Bertz CT molecular complexity index is 1340. The number of unbranched alkanes of at least 4 members (excludes halogenated alkanes) is 2. The first-order chi connectivity index (χ1) is 21.9. The van der Waals surface area contributed by atoms with Crippen LogP contribution in [0.25, 0.3) is 0 Å². The Morgan fingerprint density at radius 3 is 2.51 bits per heavy atom. The van der Waals surface area contributed by atoms with Crippen molar-refractivity contribution in [2.45, 2.75) is 101 Å². The van der Waals surface area contributed by atoms with Gasteiger partial charge in [0.05, 0.1) is 29.4 Å². The van der Waals surface area contributed by atoms with Crippen molar-refractivity contribution in [3.63, 3.8) is 0 Å². The molecule has 0 aliphatic heterocycles. The summed E-state index contributed by atoms with van der Waals surface area (Å²) in [5, 5.41) is 52.2. The number of ketones is 2. The quantitative estimate of drug-likeness (QED) is 0.0670. The van der Waals surface area contributed by atoms with E-state index in [-0.39, 0.29) is 37.1 Å². The summed E-state index contributed by atoms with van der Waals surface area (Å²) >= 11 is 7.42. The van der Waals surface area contributed by atoms with Gasteiger partial charge >= 0.3 is 11.9 Å². The highest BCUT2D eigenvalue weighted by atomic mass is 35.5. The number of carbonyl (C=O) groups is 5. The zero-order chi connectivity index (χ0) is 34.9. The van der Waals surface area contributed by atoms with Crippen LogP contribution in [0.15, 0.2) is 23.8 Å². The minimum Gasteiger partial charge on any atom is -0.480 e. The molecule has 262 valence electrons. The van der Waals surface area contributed by atoms with Crippen molar-refractivity contribution in [3.8, 4) is 0 Å². The third-order valence-corrected chi connectivity index (χ3v) is 12.2. The van der Waals surface area contributed by atoms with E-state index in [2.05, 4.69) is 10.2 Å². The van der Waals surface area contributed by atoms with Crippen LogP contribution in [0.5, 0.6) is 0 Å². The number of alkyl halides is 1. The van der Waals surface area contributed by atoms with Gasteiger partial charge in [0.15, 0.2) is 12.4 Å². The molecule has 0 aromatic carbocycles. The first kappa shape index (κ1) is 37.1. The number of aliphatic carboxylic acids is 1. The monoisotopic (exact) mass is 684 g/mol. The molecule has 3 fully saturated rings. The number of amides is 1. The van der Waals surface area contributed by atoms with E-state index in [1.807, 2.05) is 6.92 Å². The van der Waals surface area contributed by atoms with Crippen LogP contribution in [-0.4, -0.2) is 96.4 Å². The van der Waals surface area contributed by atoms with Crippen LogP contribution in [0.4, 0.5) is 0 Å². The molecule has 4 aliphatic carbocycles. The van der Waals surface area contributed by atoms with E-state index >= 15 is 0 Å². The molecule has 0 aromatic heterocycles. The molecule has 1 amide bonds. The maximum absolute atomic E-state index is 13.7. The number of Topliss-reactive ketones (excluding diaryl/α,β-unsaturated/α-hetero) is 1. The molecule has 47 heavy (non-hydrogen) atoms. The molecule has 3 saturated carbocycles. The number of ether oxygens (including phenoxy) is 1. The third-order valence-electron chi connectivity index (χ3n) is 11.3. The van der Waals surface area contributed by atoms with Gasteiger partial charge in [0.25, 0.3) is 0 Å². The number of esters is 1. The Morgan fingerprint density at radius 2 is 1.85 bits per heavy atom. The minimum atomic E-state index is -1.98. The number of rotatable bonds is 14. The lowest BCUT2D eigenvalue weighted by atomic mass is 9.45. The van der Waals surface area contributed by atoms with Crippen LogP contribution >= 0.6 is 11.6 Å². The molecule has 15 heteroatoms. The second-order valence-corrected chi connectivity index (χ2v) is 14.4. The molecule has 0 bridgehead atoms. The standard InChI is InChI=1S/C32H45ClN2O12/c1-18-13-22-21-9-8-19-14-20(36)10-11-29(19,2)31(21,33)24(37)16-30(22,3)32(18,43)25(38)17-46-27(40)15-23(28(41)42)34-26(39)7-5-4-6-12-47-35(44)45/h10-11,14,18,21-24,37,43-45H,4-9,12-13,15-17H2,1-3H3,(H,34,39)(H,41,42)/t18-,21-,22?,23?,24-,29-,30-,31?,32-/m0/s1. The number of allylic oxidation sites excluding steroid dienone is 4. The summed E-state index contributed by atoms with van der Waals surface area (Å²) in [6, 6.07) is -1.61. The van der Waals surface area contributed by atoms with Gasteiger partial charge in [-0.1, -0.05) is 38.8 Å². The molecule has 4 aliphatic rings. The number of hydrogen-bond donors (Lipinski definition) is 6. The molecular weight excluding hydrogens is 640 g/mol. The highest BCUT2D eigenvalue weighted by Crippen LogP contribution is 2.71. The predicted molar refractivity (Wildman–Crippen MR) is 163 cm³/mol. The first-order valence-corrected chi connectivity index (χ1v) is 16.3. The number of aliphatic hydroxyl groups excluding tert-OH is 1. The number of carbonyl (C=O) groups excluding carboxylic acids is 4. The van der Waals surface area contributed by atoms with Gasteiger partial charge in [-0.2, -0.15) is 0 Å². The summed E-state index contributed by atoms with van der Waals surface area (Å²) in [4.78, 5) is 65.7. The van der Waals surface area contributed by atoms with Gasteiger partial charge < -0.3 is 25.4 Å². The maximum atomic E-state index is 13.7. The highest BCUT2D eigenvalue weighted by molar-refractivity contribution is 6.26. The van der Waals surface area contributed by atoms with Gasteiger partial charge in [-0.15, -0.1) is 11.6 Å². The van der Waals surface area contributed by atoms with Gasteiger partial charge in [-0.25, -0.2) is 4.79 Å². The van der Waals surface area contributed by atoms with Crippen LogP contribution in [0, 0.1) is 28.6 Å². The fraction of sp³-hybridized carbons (Fsp3) is 0.719. The number of carboxylic acid groups (broad SMARTS) is 1. The van der Waals surface area contributed by atoms with E-state index < -0.39 is 81.4 Å². The summed E-state index contributed by atoms with van der Waals surface area (Å²) in [6.45, 7) is 4.57. The van der Waals surface area contributed by atoms with Gasteiger partial charge in [0.2, 0.25) is 11.7 Å². The Balaban J connectivity index is 1.38.